The molecule has 0 aliphatic carbocycles. The van der Waals surface area contributed by atoms with Crippen molar-refractivity contribution < 1.29 is 13.9 Å². The number of amides is 2. The number of nitrogens with one attached hydrogen (secondary N) is 1. The highest BCUT2D eigenvalue weighted by atomic mass is 16.5. The molecule has 114 valence electrons. The third-order valence-corrected chi connectivity index (χ3v) is 3.58. The van der Waals surface area contributed by atoms with Gasteiger partial charge in [-0.15, -0.1) is 0 Å². The Morgan fingerprint density at radius 1 is 1.50 bits per heavy atom. The lowest BCUT2D eigenvalue weighted by atomic mass is 10.00. The third-order valence-electron chi connectivity index (χ3n) is 3.58. The molecule has 0 unspecified atom stereocenters. The lowest BCUT2D eigenvalue weighted by molar-refractivity contribution is 0.00909. The minimum Gasteiger partial charge on any atom is -0.467 e. The van der Waals surface area contributed by atoms with E-state index in [0.717, 1.165) is 12.2 Å². The first-order valence-electron chi connectivity index (χ1n) is 6.88. The Bertz CT molecular complexity index is 415. The summed E-state index contributed by atoms with van der Waals surface area (Å²) in [6, 6.07) is 3.50. The van der Waals surface area contributed by atoms with Crippen LogP contribution in [0, 0.1) is 0 Å². The standard InChI is InChI=1S/C15H26N2O3/c1-11(10-15(3,4)19-6)16-14(18)17(5)12(2)13-8-7-9-20-13/h7-9,11-12H,10H2,1-6H3,(H,16,18)/t11-,12-/m1/s1. The van der Waals surface area contributed by atoms with Crippen LogP contribution in [0.4, 0.5) is 4.79 Å². The van der Waals surface area contributed by atoms with Gasteiger partial charge in [-0.3, -0.25) is 0 Å². The molecule has 0 radical (unpaired) electrons. The zero-order chi connectivity index (χ0) is 15.3. The molecular formula is C15H26N2O3. The van der Waals surface area contributed by atoms with Crippen LogP contribution < -0.4 is 5.32 Å². The van der Waals surface area contributed by atoms with Crippen LogP contribution in [0.3, 0.4) is 0 Å². The molecule has 0 saturated carbocycles. The van der Waals surface area contributed by atoms with E-state index in [-0.39, 0.29) is 23.7 Å². The van der Waals surface area contributed by atoms with Crippen molar-refractivity contribution in [3.05, 3.63) is 24.2 Å². The van der Waals surface area contributed by atoms with Gasteiger partial charge >= 0.3 is 6.03 Å². The molecule has 5 heteroatoms. The second kappa shape index (κ2) is 6.79. The average Bonchev–Trinajstić information content (AvgIpc) is 2.89. The molecule has 1 heterocycles. The topological polar surface area (TPSA) is 54.7 Å². The quantitative estimate of drug-likeness (QED) is 0.871. The Labute approximate surface area is 121 Å². The number of urea groups is 1. The summed E-state index contributed by atoms with van der Waals surface area (Å²) >= 11 is 0. The van der Waals surface area contributed by atoms with Crippen molar-refractivity contribution >= 4 is 6.03 Å². The van der Waals surface area contributed by atoms with Crippen molar-refractivity contribution in [3.63, 3.8) is 0 Å². The first kappa shape index (κ1) is 16.6. The van der Waals surface area contributed by atoms with E-state index in [0.29, 0.717) is 0 Å². The maximum absolute atomic E-state index is 12.2. The van der Waals surface area contributed by atoms with Gasteiger partial charge in [-0.1, -0.05) is 0 Å². The lowest BCUT2D eigenvalue weighted by Gasteiger charge is -2.30. The highest BCUT2D eigenvalue weighted by Crippen LogP contribution is 2.20. The van der Waals surface area contributed by atoms with E-state index in [9.17, 15) is 4.79 Å². The lowest BCUT2D eigenvalue weighted by Crippen LogP contribution is -2.45. The van der Waals surface area contributed by atoms with Crippen LogP contribution >= 0.6 is 0 Å². The molecule has 1 aromatic heterocycles. The fourth-order valence-electron chi connectivity index (χ4n) is 2.08. The summed E-state index contributed by atoms with van der Waals surface area (Å²) < 4.78 is 10.7. The van der Waals surface area contributed by atoms with Crippen molar-refractivity contribution in [3.8, 4) is 0 Å². The van der Waals surface area contributed by atoms with Crippen LogP contribution in [0.15, 0.2) is 22.8 Å². The van der Waals surface area contributed by atoms with Crippen LogP contribution in [0.25, 0.3) is 0 Å². The van der Waals surface area contributed by atoms with Gasteiger partial charge in [0, 0.05) is 20.2 Å². The van der Waals surface area contributed by atoms with Crippen LogP contribution in [0.1, 0.15) is 45.9 Å². The van der Waals surface area contributed by atoms with E-state index in [1.54, 1.807) is 25.3 Å². The summed E-state index contributed by atoms with van der Waals surface area (Å²) in [6.45, 7) is 7.92. The number of furan rings is 1. The second-order valence-electron chi connectivity index (χ2n) is 5.82. The van der Waals surface area contributed by atoms with Gasteiger partial charge in [-0.25, -0.2) is 4.79 Å². The maximum Gasteiger partial charge on any atom is 0.317 e. The number of hydrogen-bond acceptors (Lipinski definition) is 3. The van der Waals surface area contributed by atoms with Gasteiger partial charge in [0.25, 0.3) is 0 Å². The Balaban J connectivity index is 2.53. The van der Waals surface area contributed by atoms with E-state index in [2.05, 4.69) is 5.32 Å². The van der Waals surface area contributed by atoms with E-state index in [1.807, 2.05) is 39.8 Å². The van der Waals surface area contributed by atoms with E-state index < -0.39 is 0 Å². The number of hydrogen-bond donors (Lipinski definition) is 1. The number of ether oxygens (including phenoxy) is 1. The molecule has 5 nitrogen and oxygen atoms in total. The Hall–Kier alpha value is -1.49. The van der Waals surface area contributed by atoms with Gasteiger partial charge in [0.05, 0.1) is 17.9 Å². The molecule has 2 atom stereocenters. The summed E-state index contributed by atoms with van der Waals surface area (Å²) in [5, 5.41) is 2.98. The fourth-order valence-corrected chi connectivity index (χ4v) is 2.08. The number of carbonyl (C=O) groups excluding carboxylic acids is 1. The molecule has 2 amide bonds. The van der Waals surface area contributed by atoms with E-state index >= 15 is 0 Å². The highest BCUT2D eigenvalue weighted by Gasteiger charge is 2.24. The SMILES string of the molecule is COC(C)(C)C[C@@H](C)NC(=O)N(C)[C@H](C)c1ccco1. The smallest absolute Gasteiger partial charge is 0.317 e. The first-order valence-corrected chi connectivity index (χ1v) is 6.88. The number of rotatable bonds is 6. The van der Waals surface area contributed by atoms with Crippen molar-refractivity contribution in [2.75, 3.05) is 14.2 Å². The minimum absolute atomic E-state index is 0.0312. The largest absolute Gasteiger partial charge is 0.467 e. The summed E-state index contributed by atoms with van der Waals surface area (Å²) in [4.78, 5) is 13.8. The molecular weight excluding hydrogens is 256 g/mol. The van der Waals surface area contributed by atoms with Crippen molar-refractivity contribution in [2.24, 2.45) is 0 Å². The summed E-state index contributed by atoms with van der Waals surface area (Å²) in [6.07, 6.45) is 2.36. The average molecular weight is 282 g/mol. The van der Waals surface area contributed by atoms with Crippen LogP contribution in [0.5, 0.6) is 0 Å². The Morgan fingerprint density at radius 2 is 2.15 bits per heavy atom. The molecule has 1 aromatic rings. The second-order valence-corrected chi connectivity index (χ2v) is 5.82. The van der Waals surface area contributed by atoms with Crippen LogP contribution in [-0.4, -0.2) is 36.7 Å². The predicted molar refractivity (Wildman–Crippen MR) is 78.6 cm³/mol. The fraction of sp³-hybridized carbons (Fsp3) is 0.667. The molecule has 0 aliphatic heterocycles. The van der Waals surface area contributed by atoms with E-state index in [4.69, 9.17) is 9.15 Å². The van der Waals surface area contributed by atoms with Gasteiger partial charge in [0.2, 0.25) is 0 Å². The molecule has 0 saturated heterocycles. The Kier molecular flexibility index (Phi) is 5.62. The highest BCUT2D eigenvalue weighted by molar-refractivity contribution is 5.74. The molecule has 1 N–H and O–H groups in total. The van der Waals surface area contributed by atoms with Gasteiger partial charge < -0.3 is 19.4 Å². The predicted octanol–water partition coefficient (Wildman–Crippen LogP) is 3.19. The number of methoxy groups -OCH3 is 1. The molecule has 0 spiro atoms. The third kappa shape index (κ3) is 4.56. The molecule has 20 heavy (non-hydrogen) atoms. The number of carbonyl (C=O) groups is 1. The summed E-state index contributed by atoms with van der Waals surface area (Å²) in [5.41, 5.74) is -0.252. The van der Waals surface area contributed by atoms with Crippen molar-refractivity contribution in [2.45, 2.75) is 51.8 Å². The molecule has 0 aromatic carbocycles. The van der Waals surface area contributed by atoms with Gasteiger partial charge in [0.1, 0.15) is 5.76 Å². The molecule has 0 bridgehead atoms. The molecule has 1 rings (SSSR count). The normalized spacial score (nSPS) is 14.7. The maximum atomic E-state index is 12.2. The van der Waals surface area contributed by atoms with Gasteiger partial charge in [-0.2, -0.15) is 0 Å². The van der Waals surface area contributed by atoms with Crippen molar-refractivity contribution in [1.82, 2.24) is 10.2 Å². The summed E-state index contributed by atoms with van der Waals surface area (Å²) in [7, 11) is 3.44. The van der Waals surface area contributed by atoms with Gasteiger partial charge in [-0.05, 0) is 46.2 Å². The van der Waals surface area contributed by atoms with Crippen molar-refractivity contribution in [1.29, 1.82) is 0 Å². The van der Waals surface area contributed by atoms with Gasteiger partial charge in [0.15, 0.2) is 0 Å². The van der Waals surface area contributed by atoms with Crippen LogP contribution in [0.2, 0.25) is 0 Å². The number of nitrogens with zero attached hydrogens (tertiary/aromatic N) is 1. The monoisotopic (exact) mass is 282 g/mol. The molecule has 0 aliphatic rings. The first-order chi connectivity index (χ1) is 9.26. The zero-order valence-electron chi connectivity index (χ0n) is 13.3. The van der Waals surface area contributed by atoms with Crippen LogP contribution in [-0.2, 0) is 4.74 Å². The summed E-state index contributed by atoms with van der Waals surface area (Å²) in [5.74, 6) is 0.771. The zero-order valence-corrected chi connectivity index (χ0v) is 13.3. The Morgan fingerprint density at radius 3 is 2.65 bits per heavy atom. The minimum atomic E-state index is -0.252. The van der Waals surface area contributed by atoms with E-state index in [1.165, 1.54) is 0 Å². The molecule has 0 fully saturated rings.